The Balaban J connectivity index is 1.70. The number of carbonyl (C=O) groups is 1. The van der Waals surface area contributed by atoms with Crippen molar-refractivity contribution < 1.29 is 4.79 Å². The first-order valence-corrected chi connectivity index (χ1v) is 8.33. The quantitative estimate of drug-likeness (QED) is 0.667. The molecule has 2 aromatic carbocycles. The zero-order chi connectivity index (χ0) is 17.6. The Morgan fingerprint density at radius 1 is 1.08 bits per heavy atom. The normalized spacial score (nSPS) is 11.6. The van der Waals surface area contributed by atoms with E-state index in [0.29, 0.717) is 16.3 Å². The van der Waals surface area contributed by atoms with Gasteiger partial charge in [-0.2, -0.15) is 0 Å². The molecule has 4 nitrogen and oxygen atoms in total. The van der Waals surface area contributed by atoms with Crippen LogP contribution < -0.4 is 10.6 Å². The summed E-state index contributed by atoms with van der Waals surface area (Å²) in [5, 5.41) is 6.75. The van der Waals surface area contributed by atoms with Crippen molar-refractivity contribution in [1.82, 2.24) is 4.98 Å². The average Bonchev–Trinajstić information content (AvgIpc) is 2.65. The third-order valence-corrected chi connectivity index (χ3v) is 4.13. The van der Waals surface area contributed by atoms with Crippen molar-refractivity contribution in [2.24, 2.45) is 0 Å². The molecule has 1 aromatic heterocycles. The maximum Gasteiger partial charge on any atom is 0.257 e. The number of anilines is 2. The third kappa shape index (κ3) is 4.37. The molecular formula is C20H18ClN3O. The van der Waals surface area contributed by atoms with Gasteiger partial charge in [0.1, 0.15) is 0 Å². The second-order valence-corrected chi connectivity index (χ2v) is 6.07. The number of halogens is 1. The molecule has 0 aliphatic carbocycles. The van der Waals surface area contributed by atoms with E-state index in [4.69, 9.17) is 11.6 Å². The third-order valence-electron chi connectivity index (χ3n) is 3.82. The van der Waals surface area contributed by atoms with E-state index in [1.54, 1.807) is 24.4 Å². The summed E-state index contributed by atoms with van der Waals surface area (Å²) in [5.41, 5.74) is 3.13. The molecule has 0 radical (unpaired) electrons. The van der Waals surface area contributed by atoms with Crippen LogP contribution in [-0.4, -0.2) is 10.9 Å². The minimum absolute atomic E-state index is 0.120. The summed E-state index contributed by atoms with van der Waals surface area (Å²) in [6.07, 6.45) is 3.15. The van der Waals surface area contributed by atoms with Crippen LogP contribution in [0.15, 0.2) is 73.1 Å². The summed E-state index contributed by atoms with van der Waals surface area (Å²) in [6, 6.07) is 19.1. The Morgan fingerprint density at radius 3 is 2.56 bits per heavy atom. The van der Waals surface area contributed by atoms with E-state index in [9.17, 15) is 4.79 Å². The average molecular weight is 352 g/mol. The number of aromatic nitrogens is 1. The molecule has 126 valence electrons. The van der Waals surface area contributed by atoms with Gasteiger partial charge in [0.15, 0.2) is 0 Å². The lowest BCUT2D eigenvalue weighted by Crippen LogP contribution is -2.12. The lowest BCUT2D eigenvalue weighted by Gasteiger charge is -2.17. The molecule has 25 heavy (non-hydrogen) atoms. The van der Waals surface area contributed by atoms with Gasteiger partial charge in [0.25, 0.3) is 5.91 Å². The minimum atomic E-state index is -0.220. The first kappa shape index (κ1) is 17.0. The van der Waals surface area contributed by atoms with Crippen LogP contribution in [0.1, 0.15) is 28.9 Å². The zero-order valence-corrected chi connectivity index (χ0v) is 14.5. The first-order valence-electron chi connectivity index (χ1n) is 7.96. The van der Waals surface area contributed by atoms with Crippen molar-refractivity contribution in [3.8, 4) is 0 Å². The Morgan fingerprint density at radius 2 is 1.88 bits per heavy atom. The van der Waals surface area contributed by atoms with Crippen LogP contribution in [0, 0.1) is 0 Å². The number of hydrogen-bond acceptors (Lipinski definition) is 3. The highest BCUT2D eigenvalue weighted by atomic mass is 35.5. The van der Waals surface area contributed by atoms with Gasteiger partial charge in [-0.1, -0.05) is 41.9 Å². The predicted molar refractivity (Wildman–Crippen MR) is 102 cm³/mol. The molecule has 3 aromatic rings. The van der Waals surface area contributed by atoms with Crippen LogP contribution in [0.5, 0.6) is 0 Å². The monoisotopic (exact) mass is 351 g/mol. The van der Waals surface area contributed by atoms with Gasteiger partial charge < -0.3 is 10.6 Å². The molecule has 0 spiro atoms. The van der Waals surface area contributed by atoms with Crippen molar-refractivity contribution in [3.05, 3.63) is 89.2 Å². The lowest BCUT2D eigenvalue weighted by atomic mass is 10.1. The van der Waals surface area contributed by atoms with Crippen LogP contribution in [0.25, 0.3) is 0 Å². The van der Waals surface area contributed by atoms with Gasteiger partial charge in [-0.3, -0.25) is 9.78 Å². The Hall–Kier alpha value is -2.85. The minimum Gasteiger partial charge on any atom is -0.377 e. The van der Waals surface area contributed by atoms with Crippen molar-refractivity contribution in [1.29, 1.82) is 0 Å². The second kappa shape index (κ2) is 7.81. The van der Waals surface area contributed by atoms with E-state index in [0.717, 1.165) is 5.69 Å². The molecule has 5 heteroatoms. The van der Waals surface area contributed by atoms with Gasteiger partial charge in [0.2, 0.25) is 0 Å². The molecular weight excluding hydrogens is 334 g/mol. The van der Waals surface area contributed by atoms with Crippen LogP contribution in [0.4, 0.5) is 11.4 Å². The number of carbonyl (C=O) groups excluding carboxylic acids is 1. The van der Waals surface area contributed by atoms with Crippen molar-refractivity contribution in [3.63, 3.8) is 0 Å². The Labute approximate surface area is 151 Å². The molecule has 0 bridgehead atoms. The molecule has 2 N–H and O–H groups in total. The summed E-state index contributed by atoms with van der Waals surface area (Å²) in [6.45, 7) is 2.07. The summed E-state index contributed by atoms with van der Waals surface area (Å²) < 4.78 is 0. The van der Waals surface area contributed by atoms with Gasteiger partial charge >= 0.3 is 0 Å². The van der Waals surface area contributed by atoms with E-state index in [2.05, 4.69) is 34.7 Å². The maximum atomic E-state index is 12.2. The fraction of sp³-hybridized carbons (Fsp3) is 0.100. The standard InChI is InChI=1S/C20H18ClN3O/c1-14(15-6-3-2-4-7-15)23-19-10-9-17(12-18(19)21)24-20(25)16-8-5-11-22-13-16/h2-14,23H,1H3,(H,24,25)/t14-/m0/s1. The molecule has 1 amide bonds. The molecule has 0 fully saturated rings. The zero-order valence-electron chi connectivity index (χ0n) is 13.7. The summed E-state index contributed by atoms with van der Waals surface area (Å²) in [5.74, 6) is -0.220. The SMILES string of the molecule is C[C@H](Nc1ccc(NC(=O)c2cccnc2)cc1Cl)c1ccccc1. The summed E-state index contributed by atoms with van der Waals surface area (Å²) in [7, 11) is 0. The van der Waals surface area contributed by atoms with Gasteiger partial charge in [-0.15, -0.1) is 0 Å². The topological polar surface area (TPSA) is 54.0 Å². The van der Waals surface area contributed by atoms with Crippen molar-refractivity contribution in [2.45, 2.75) is 13.0 Å². The smallest absolute Gasteiger partial charge is 0.257 e. The largest absolute Gasteiger partial charge is 0.377 e. The molecule has 1 heterocycles. The number of nitrogens with one attached hydrogen (secondary N) is 2. The fourth-order valence-corrected chi connectivity index (χ4v) is 2.70. The lowest BCUT2D eigenvalue weighted by molar-refractivity contribution is 0.102. The number of rotatable bonds is 5. The Kier molecular flexibility index (Phi) is 5.31. The van der Waals surface area contributed by atoms with E-state index in [-0.39, 0.29) is 11.9 Å². The number of pyridine rings is 1. The predicted octanol–water partition coefficient (Wildman–Crippen LogP) is 5.16. The second-order valence-electron chi connectivity index (χ2n) is 5.67. The van der Waals surface area contributed by atoms with E-state index >= 15 is 0 Å². The highest BCUT2D eigenvalue weighted by Gasteiger charge is 2.10. The molecule has 0 saturated carbocycles. The molecule has 0 saturated heterocycles. The van der Waals surface area contributed by atoms with Crippen LogP contribution in [0.2, 0.25) is 5.02 Å². The first-order chi connectivity index (χ1) is 12.1. The maximum absolute atomic E-state index is 12.2. The molecule has 1 atom stereocenters. The van der Waals surface area contributed by atoms with E-state index in [1.807, 2.05) is 30.3 Å². The number of benzene rings is 2. The number of nitrogens with zero attached hydrogens (tertiary/aromatic N) is 1. The van der Waals surface area contributed by atoms with Crippen LogP contribution >= 0.6 is 11.6 Å². The summed E-state index contributed by atoms with van der Waals surface area (Å²) in [4.78, 5) is 16.1. The molecule has 0 aliphatic rings. The number of hydrogen-bond donors (Lipinski definition) is 2. The number of amides is 1. The van der Waals surface area contributed by atoms with Crippen molar-refractivity contribution >= 4 is 28.9 Å². The van der Waals surface area contributed by atoms with Gasteiger partial charge in [-0.05, 0) is 42.8 Å². The van der Waals surface area contributed by atoms with Gasteiger partial charge in [-0.25, -0.2) is 0 Å². The molecule has 0 aliphatic heterocycles. The van der Waals surface area contributed by atoms with Crippen LogP contribution in [-0.2, 0) is 0 Å². The molecule has 3 rings (SSSR count). The highest BCUT2D eigenvalue weighted by Crippen LogP contribution is 2.29. The van der Waals surface area contributed by atoms with E-state index in [1.165, 1.54) is 11.8 Å². The van der Waals surface area contributed by atoms with Crippen molar-refractivity contribution in [2.75, 3.05) is 10.6 Å². The highest BCUT2D eigenvalue weighted by molar-refractivity contribution is 6.33. The Bertz CT molecular complexity index is 853. The van der Waals surface area contributed by atoms with Gasteiger partial charge in [0, 0.05) is 24.1 Å². The molecule has 0 unspecified atom stereocenters. The van der Waals surface area contributed by atoms with Gasteiger partial charge in [0.05, 0.1) is 16.3 Å². The fourth-order valence-electron chi connectivity index (χ4n) is 2.47. The summed E-state index contributed by atoms with van der Waals surface area (Å²) >= 11 is 6.36. The van der Waals surface area contributed by atoms with E-state index < -0.39 is 0 Å². The van der Waals surface area contributed by atoms with Crippen LogP contribution in [0.3, 0.4) is 0 Å².